The molecule has 0 spiro atoms. The summed E-state index contributed by atoms with van der Waals surface area (Å²) in [6, 6.07) is 0. The number of rotatable bonds is 2. The van der Waals surface area contributed by atoms with Crippen LogP contribution < -0.4 is 0 Å². The lowest BCUT2D eigenvalue weighted by Crippen LogP contribution is -2.23. The Morgan fingerprint density at radius 3 is 3.00 bits per heavy atom. The van der Waals surface area contributed by atoms with Crippen molar-refractivity contribution in [2.75, 3.05) is 6.61 Å². The van der Waals surface area contributed by atoms with Crippen LogP contribution >= 0.6 is 0 Å². The predicted octanol–water partition coefficient (Wildman–Crippen LogP) is 0.200. The van der Waals surface area contributed by atoms with Crippen LogP contribution in [-0.2, 0) is 14.3 Å². The molecule has 0 amide bonds. The van der Waals surface area contributed by atoms with Gasteiger partial charge in [0.25, 0.3) is 0 Å². The van der Waals surface area contributed by atoms with Crippen molar-refractivity contribution in [3.05, 3.63) is 11.6 Å². The van der Waals surface area contributed by atoms with E-state index in [0.717, 1.165) is 0 Å². The number of ether oxygens (including phenoxy) is 1. The van der Waals surface area contributed by atoms with Gasteiger partial charge < -0.3 is 9.84 Å². The van der Waals surface area contributed by atoms with Crippen LogP contribution in [0.3, 0.4) is 0 Å². The molecule has 0 saturated carbocycles. The highest BCUT2D eigenvalue weighted by molar-refractivity contribution is 5.96. The zero-order chi connectivity index (χ0) is 9.84. The number of Topliss-reactive ketones (excluding diaryl/α,β-unsaturated/α-hetero) is 1. The van der Waals surface area contributed by atoms with Crippen LogP contribution in [0.15, 0.2) is 11.6 Å². The fourth-order valence-electron chi connectivity index (χ4n) is 1.28. The molecule has 4 nitrogen and oxygen atoms in total. The lowest BCUT2D eigenvalue weighted by molar-refractivity contribution is -0.145. The molecule has 0 aliphatic heterocycles. The average Bonchev–Trinajstić information content (AvgIpc) is 2.07. The van der Waals surface area contributed by atoms with E-state index in [0.29, 0.717) is 18.4 Å². The summed E-state index contributed by atoms with van der Waals surface area (Å²) in [5.41, 5.74) is 0.345. The second-order valence-corrected chi connectivity index (χ2v) is 2.96. The molecule has 0 aromatic carbocycles. The molecule has 1 rings (SSSR count). The number of esters is 1. The van der Waals surface area contributed by atoms with E-state index in [1.807, 2.05) is 0 Å². The molecule has 72 valence electrons. The fourth-order valence-corrected chi connectivity index (χ4v) is 1.28. The van der Waals surface area contributed by atoms with Gasteiger partial charge in [0.15, 0.2) is 5.78 Å². The highest BCUT2D eigenvalue weighted by atomic mass is 16.5. The summed E-state index contributed by atoms with van der Waals surface area (Å²) >= 11 is 0. The molecule has 0 bridgehead atoms. The summed E-state index contributed by atoms with van der Waals surface area (Å²) in [4.78, 5) is 21.7. The molecular weight excluding hydrogens is 172 g/mol. The van der Waals surface area contributed by atoms with Gasteiger partial charge in [0.05, 0.1) is 6.61 Å². The molecule has 13 heavy (non-hydrogen) atoms. The van der Waals surface area contributed by atoms with Gasteiger partial charge in [0.1, 0.15) is 6.10 Å². The third kappa shape index (κ3) is 2.66. The maximum Gasteiger partial charge on any atom is 0.303 e. The minimum Gasteiger partial charge on any atom is -0.458 e. The van der Waals surface area contributed by atoms with Crippen LogP contribution in [0.5, 0.6) is 0 Å². The van der Waals surface area contributed by atoms with E-state index < -0.39 is 0 Å². The lowest BCUT2D eigenvalue weighted by atomic mass is 9.96. The Balaban J connectivity index is 2.65. The molecule has 0 unspecified atom stereocenters. The van der Waals surface area contributed by atoms with Gasteiger partial charge in [-0.05, 0) is 12.5 Å². The van der Waals surface area contributed by atoms with E-state index in [2.05, 4.69) is 0 Å². The summed E-state index contributed by atoms with van der Waals surface area (Å²) in [5.74, 6) is -0.432. The van der Waals surface area contributed by atoms with Crippen molar-refractivity contribution in [2.45, 2.75) is 25.9 Å². The average molecular weight is 184 g/mol. The SMILES string of the molecule is CC(=O)O[C@H]1C=C(CO)C(=O)CC1. The zero-order valence-electron chi connectivity index (χ0n) is 7.45. The van der Waals surface area contributed by atoms with Crippen LogP contribution in [-0.4, -0.2) is 29.6 Å². The molecule has 0 fully saturated rings. The predicted molar refractivity (Wildman–Crippen MR) is 45.0 cm³/mol. The first-order valence-corrected chi connectivity index (χ1v) is 4.15. The summed E-state index contributed by atoms with van der Waals surface area (Å²) < 4.78 is 4.89. The van der Waals surface area contributed by atoms with E-state index in [1.54, 1.807) is 0 Å². The number of aliphatic hydroxyl groups is 1. The normalized spacial score (nSPS) is 22.5. The Hall–Kier alpha value is -1.16. The molecule has 1 N–H and O–H groups in total. The third-order valence-corrected chi connectivity index (χ3v) is 1.89. The van der Waals surface area contributed by atoms with Gasteiger partial charge in [0.2, 0.25) is 0 Å². The molecule has 4 heteroatoms. The molecule has 1 atom stereocenters. The van der Waals surface area contributed by atoms with Crippen molar-refractivity contribution in [1.29, 1.82) is 0 Å². The smallest absolute Gasteiger partial charge is 0.303 e. The van der Waals surface area contributed by atoms with Crippen molar-refractivity contribution >= 4 is 11.8 Å². The second kappa shape index (κ2) is 4.18. The van der Waals surface area contributed by atoms with Crippen LogP contribution in [0.25, 0.3) is 0 Å². The molecular formula is C9H12O4. The Bertz CT molecular complexity index is 254. The molecule has 0 saturated heterocycles. The van der Waals surface area contributed by atoms with Gasteiger partial charge in [0, 0.05) is 18.9 Å². The lowest BCUT2D eigenvalue weighted by Gasteiger charge is -2.18. The first kappa shape index (κ1) is 9.92. The van der Waals surface area contributed by atoms with Crippen LogP contribution in [0.4, 0.5) is 0 Å². The van der Waals surface area contributed by atoms with E-state index >= 15 is 0 Å². The molecule has 0 aromatic rings. The summed E-state index contributed by atoms with van der Waals surface area (Å²) in [7, 11) is 0. The maximum absolute atomic E-state index is 11.1. The highest BCUT2D eigenvalue weighted by Crippen LogP contribution is 2.16. The van der Waals surface area contributed by atoms with Crippen LogP contribution in [0.2, 0.25) is 0 Å². The number of hydrogen-bond donors (Lipinski definition) is 1. The first-order chi connectivity index (χ1) is 6.13. The minimum absolute atomic E-state index is 0.0640. The van der Waals surface area contributed by atoms with Crippen molar-refractivity contribution in [3.8, 4) is 0 Å². The number of aliphatic hydroxyl groups excluding tert-OH is 1. The van der Waals surface area contributed by atoms with E-state index in [-0.39, 0.29) is 24.5 Å². The number of carbonyl (C=O) groups excluding carboxylic acids is 2. The van der Waals surface area contributed by atoms with Gasteiger partial charge >= 0.3 is 5.97 Å². The Morgan fingerprint density at radius 2 is 2.46 bits per heavy atom. The van der Waals surface area contributed by atoms with Crippen molar-refractivity contribution in [3.63, 3.8) is 0 Å². The second-order valence-electron chi connectivity index (χ2n) is 2.96. The van der Waals surface area contributed by atoms with Gasteiger partial charge in [-0.1, -0.05) is 0 Å². The molecule has 0 aromatic heterocycles. The van der Waals surface area contributed by atoms with Crippen LogP contribution in [0.1, 0.15) is 19.8 Å². The van der Waals surface area contributed by atoms with Crippen molar-refractivity contribution in [2.24, 2.45) is 0 Å². The Morgan fingerprint density at radius 1 is 1.77 bits per heavy atom. The van der Waals surface area contributed by atoms with E-state index in [4.69, 9.17) is 9.84 Å². The Labute approximate surface area is 76.2 Å². The minimum atomic E-state index is -0.368. The topological polar surface area (TPSA) is 63.6 Å². The molecule has 1 aliphatic carbocycles. The maximum atomic E-state index is 11.1. The fraction of sp³-hybridized carbons (Fsp3) is 0.556. The standard InChI is InChI=1S/C9H12O4/c1-6(11)13-8-2-3-9(12)7(4-8)5-10/h4,8,10H,2-3,5H2,1H3/t8-/m1/s1. The number of hydrogen-bond acceptors (Lipinski definition) is 4. The van der Waals surface area contributed by atoms with Crippen LogP contribution in [0, 0.1) is 0 Å². The molecule has 0 heterocycles. The van der Waals surface area contributed by atoms with E-state index in [9.17, 15) is 9.59 Å². The zero-order valence-corrected chi connectivity index (χ0v) is 7.45. The van der Waals surface area contributed by atoms with Gasteiger partial charge in [-0.15, -0.1) is 0 Å². The monoisotopic (exact) mass is 184 g/mol. The third-order valence-electron chi connectivity index (χ3n) is 1.89. The number of carbonyl (C=O) groups is 2. The van der Waals surface area contributed by atoms with Gasteiger partial charge in [-0.2, -0.15) is 0 Å². The van der Waals surface area contributed by atoms with Crippen molar-refractivity contribution < 1.29 is 19.4 Å². The Kier molecular flexibility index (Phi) is 3.19. The van der Waals surface area contributed by atoms with Gasteiger partial charge in [-0.3, -0.25) is 9.59 Å². The molecule has 0 radical (unpaired) electrons. The quantitative estimate of drug-likeness (QED) is 0.623. The summed E-state index contributed by atoms with van der Waals surface area (Å²) in [6.07, 6.45) is 2.02. The van der Waals surface area contributed by atoms with Crippen molar-refractivity contribution in [1.82, 2.24) is 0 Å². The number of ketones is 1. The first-order valence-electron chi connectivity index (χ1n) is 4.15. The van der Waals surface area contributed by atoms with E-state index in [1.165, 1.54) is 13.0 Å². The highest BCUT2D eigenvalue weighted by Gasteiger charge is 2.21. The largest absolute Gasteiger partial charge is 0.458 e. The van der Waals surface area contributed by atoms with Gasteiger partial charge in [-0.25, -0.2) is 0 Å². The summed E-state index contributed by atoms with van der Waals surface area (Å²) in [6.45, 7) is 1.04. The summed E-state index contributed by atoms with van der Waals surface area (Å²) in [5, 5.41) is 8.78. The molecule has 1 aliphatic rings.